The molecule has 1 unspecified atom stereocenters. The minimum Gasteiger partial charge on any atom is -0.356 e. The maximum absolute atomic E-state index is 11.8. The molecule has 4 nitrogen and oxygen atoms in total. The number of alkyl halides is 1. The maximum atomic E-state index is 11.8. The van der Waals surface area contributed by atoms with Crippen molar-refractivity contribution >= 4 is 28.8 Å². The Bertz CT molecular complexity index is 452. The fourth-order valence-corrected chi connectivity index (χ4v) is 3.71. The monoisotopic (exact) mass is 329 g/mol. The van der Waals surface area contributed by atoms with Gasteiger partial charge in [0.1, 0.15) is 5.01 Å². The molecule has 0 saturated carbocycles. The number of nitrogens with zero attached hydrogens (tertiary/aromatic N) is 2. The lowest BCUT2D eigenvalue weighted by atomic mass is 10.0. The maximum Gasteiger partial charge on any atom is 0.226 e. The van der Waals surface area contributed by atoms with E-state index in [1.165, 1.54) is 37.1 Å². The first-order valence-corrected chi connectivity index (χ1v) is 9.10. The Morgan fingerprint density at radius 3 is 3.14 bits per heavy atom. The first kappa shape index (κ1) is 16.7. The summed E-state index contributed by atoms with van der Waals surface area (Å²) in [6.45, 7) is 5.33. The molecule has 1 N–H and O–H groups in total. The molecule has 1 aliphatic heterocycles. The SMILES string of the molecule is CC1CCCCN1CCCNC(=O)Cc1nc(CCl)cs1. The molecule has 1 fully saturated rings. The van der Waals surface area contributed by atoms with Gasteiger partial charge in [-0.05, 0) is 32.7 Å². The largest absolute Gasteiger partial charge is 0.356 e. The number of hydrogen-bond donors (Lipinski definition) is 1. The fourth-order valence-electron chi connectivity index (χ4n) is 2.69. The molecule has 1 amide bonds. The summed E-state index contributed by atoms with van der Waals surface area (Å²) in [5, 5.41) is 5.73. The van der Waals surface area contributed by atoms with Crippen molar-refractivity contribution in [2.75, 3.05) is 19.6 Å². The molecule has 2 heterocycles. The molecular weight excluding hydrogens is 306 g/mol. The predicted octanol–water partition coefficient (Wildman–Crippen LogP) is 2.81. The van der Waals surface area contributed by atoms with Gasteiger partial charge in [-0.3, -0.25) is 4.79 Å². The summed E-state index contributed by atoms with van der Waals surface area (Å²) in [5.74, 6) is 0.462. The molecule has 0 aromatic carbocycles. The van der Waals surface area contributed by atoms with E-state index in [0.29, 0.717) is 18.3 Å². The zero-order chi connectivity index (χ0) is 15.1. The highest BCUT2D eigenvalue weighted by Crippen LogP contribution is 2.16. The van der Waals surface area contributed by atoms with E-state index in [9.17, 15) is 4.79 Å². The molecule has 0 bridgehead atoms. The quantitative estimate of drug-likeness (QED) is 0.618. The molecule has 1 atom stereocenters. The average molecular weight is 330 g/mol. The molecule has 0 radical (unpaired) electrons. The van der Waals surface area contributed by atoms with Gasteiger partial charge >= 0.3 is 0 Å². The van der Waals surface area contributed by atoms with Gasteiger partial charge in [-0.15, -0.1) is 22.9 Å². The van der Waals surface area contributed by atoms with Crippen LogP contribution in [0.25, 0.3) is 0 Å². The van der Waals surface area contributed by atoms with Gasteiger partial charge in [0.25, 0.3) is 0 Å². The topological polar surface area (TPSA) is 45.2 Å². The molecule has 21 heavy (non-hydrogen) atoms. The number of amides is 1. The summed E-state index contributed by atoms with van der Waals surface area (Å²) < 4.78 is 0. The normalized spacial score (nSPS) is 19.6. The Morgan fingerprint density at radius 1 is 1.57 bits per heavy atom. The lowest BCUT2D eigenvalue weighted by Crippen LogP contribution is -2.39. The minimum atomic E-state index is 0.0529. The molecule has 2 rings (SSSR count). The van der Waals surface area contributed by atoms with Crippen LogP contribution in [0.15, 0.2) is 5.38 Å². The number of aromatic nitrogens is 1. The van der Waals surface area contributed by atoms with Gasteiger partial charge in [0.05, 0.1) is 18.0 Å². The number of piperidine rings is 1. The summed E-state index contributed by atoms with van der Waals surface area (Å²) in [4.78, 5) is 18.7. The van der Waals surface area contributed by atoms with E-state index >= 15 is 0 Å². The van der Waals surface area contributed by atoms with Crippen LogP contribution in [-0.2, 0) is 17.1 Å². The lowest BCUT2D eigenvalue weighted by molar-refractivity contribution is -0.120. The van der Waals surface area contributed by atoms with Gasteiger partial charge < -0.3 is 10.2 Å². The fraction of sp³-hybridized carbons (Fsp3) is 0.733. The van der Waals surface area contributed by atoms with Crippen molar-refractivity contribution in [3.05, 3.63) is 16.1 Å². The van der Waals surface area contributed by atoms with Gasteiger partial charge in [0, 0.05) is 24.5 Å². The second kappa shape index (κ2) is 8.71. The van der Waals surface area contributed by atoms with Gasteiger partial charge in [0.15, 0.2) is 0 Å². The second-order valence-corrected chi connectivity index (χ2v) is 6.84. The predicted molar refractivity (Wildman–Crippen MR) is 87.9 cm³/mol. The number of carbonyl (C=O) groups excluding carboxylic acids is 1. The average Bonchev–Trinajstić information content (AvgIpc) is 2.93. The number of halogens is 1. The van der Waals surface area contributed by atoms with Crippen molar-refractivity contribution in [2.45, 2.75) is 50.9 Å². The number of hydrogen-bond acceptors (Lipinski definition) is 4. The van der Waals surface area contributed by atoms with E-state index in [4.69, 9.17) is 11.6 Å². The highest BCUT2D eigenvalue weighted by atomic mass is 35.5. The van der Waals surface area contributed by atoms with E-state index in [-0.39, 0.29) is 5.91 Å². The van der Waals surface area contributed by atoms with Crippen molar-refractivity contribution in [2.24, 2.45) is 0 Å². The van der Waals surface area contributed by atoms with Gasteiger partial charge in [-0.25, -0.2) is 4.98 Å². The third kappa shape index (κ3) is 5.57. The van der Waals surface area contributed by atoms with Gasteiger partial charge in [-0.1, -0.05) is 6.42 Å². The van der Waals surface area contributed by atoms with Gasteiger partial charge in [0.2, 0.25) is 5.91 Å². The van der Waals surface area contributed by atoms with Crippen LogP contribution < -0.4 is 5.32 Å². The number of carbonyl (C=O) groups is 1. The standard InChI is InChI=1S/C15H24ClN3OS/c1-12-5-2-3-7-19(12)8-4-6-17-14(20)9-15-18-13(10-16)11-21-15/h11-12H,2-10H2,1H3,(H,17,20). The van der Waals surface area contributed by atoms with E-state index in [1.807, 2.05) is 5.38 Å². The Hall–Kier alpha value is -0.650. The summed E-state index contributed by atoms with van der Waals surface area (Å²) in [6, 6.07) is 0.693. The van der Waals surface area contributed by atoms with Crippen LogP contribution in [-0.4, -0.2) is 41.5 Å². The number of rotatable bonds is 7. The summed E-state index contributed by atoms with van der Waals surface area (Å²) in [5.41, 5.74) is 0.851. The highest BCUT2D eigenvalue weighted by Gasteiger charge is 2.17. The van der Waals surface area contributed by atoms with E-state index < -0.39 is 0 Å². The van der Waals surface area contributed by atoms with E-state index in [1.54, 1.807) is 0 Å². The Morgan fingerprint density at radius 2 is 2.43 bits per heavy atom. The first-order valence-electron chi connectivity index (χ1n) is 7.69. The molecule has 1 aromatic rings. The zero-order valence-corrected chi connectivity index (χ0v) is 14.2. The summed E-state index contributed by atoms with van der Waals surface area (Å²) in [6.07, 6.45) is 5.35. The van der Waals surface area contributed by atoms with E-state index in [2.05, 4.69) is 22.1 Å². The third-order valence-electron chi connectivity index (χ3n) is 3.93. The number of likely N-dealkylation sites (tertiary alicyclic amines) is 1. The Kier molecular flexibility index (Phi) is 6.93. The van der Waals surface area contributed by atoms with Crippen LogP contribution in [0.3, 0.4) is 0 Å². The Balaban J connectivity index is 1.60. The van der Waals surface area contributed by atoms with Crippen LogP contribution in [0, 0.1) is 0 Å². The number of thiazole rings is 1. The molecule has 6 heteroatoms. The first-order chi connectivity index (χ1) is 10.2. The van der Waals surface area contributed by atoms with Crippen molar-refractivity contribution in [1.29, 1.82) is 0 Å². The van der Waals surface area contributed by atoms with Crippen LogP contribution in [0.2, 0.25) is 0 Å². The van der Waals surface area contributed by atoms with Crippen molar-refractivity contribution in [3.8, 4) is 0 Å². The van der Waals surface area contributed by atoms with Crippen LogP contribution >= 0.6 is 22.9 Å². The third-order valence-corrected chi connectivity index (χ3v) is 5.10. The zero-order valence-electron chi connectivity index (χ0n) is 12.6. The second-order valence-electron chi connectivity index (χ2n) is 5.63. The molecule has 0 aliphatic carbocycles. The molecule has 1 saturated heterocycles. The van der Waals surface area contributed by atoms with Crippen LogP contribution in [0.4, 0.5) is 0 Å². The van der Waals surface area contributed by atoms with Crippen LogP contribution in [0.5, 0.6) is 0 Å². The minimum absolute atomic E-state index is 0.0529. The summed E-state index contributed by atoms with van der Waals surface area (Å²) in [7, 11) is 0. The molecule has 1 aromatic heterocycles. The Labute approximate surface area is 135 Å². The molecule has 118 valence electrons. The van der Waals surface area contributed by atoms with Crippen molar-refractivity contribution in [3.63, 3.8) is 0 Å². The van der Waals surface area contributed by atoms with Crippen molar-refractivity contribution < 1.29 is 4.79 Å². The highest BCUT2D eigenvalue weighted by molar-refractivity contribution is 7.09. The molecule has 0 spiro atoms. The van der Waals surface area contributed by atoms with Crippen molar-refractivity contribution in [1.82, 2.24) is 15.2 Å². The molecule has 1 aliphatic rings. The number of nitrogens with one attached hydrogen (secondary N) is 1. The smallest absolute Gasteiger partial charge is 0.226 e. The van der Waals surface area contributed by atoms with Crippen LogP contribution in [0.1, 0.15) is 43.3 Å². The van der Waals surface area contributed by atoms with Gasteiger partial charge in [-0.2, -0.15) is 0 Å². The van der Waals surface area contributed by atoms with E-state index in [0.717, 1.165) is 30.2 Å². The molecular formula is C15H24ClN3OS. The summed E-state index contributed by atoms with van der Waals surface area (Å²) >= 11 is 7.20. The lowest BCUT2D eigenvalue weighted by Gasteiger charge is -2.33.